The van der Waals surface area contributed by atoms with Gasteiger partial charge in [0, 0.05) is 5.41 Å². The van der Waals surface area contributed by atoms with Gasteiger partial charge in [-0.3, -0.25) is 4.79 Å². The first-order chi connectivity index (χ1) is 14.0. The van der Waals surface area contributed by atoms with Crippen molar-refractivity contribution in [2.75, 3.05) is 7.11 Å². The fourth-order valence-corrected chi connectivity index (χ4v) is 4.47. The topological polar surface area (TPSA) is 66.8 Å². The molecule has 0 saturated heterocycles. The van der Waals surface area contributed by atoms with Gasteiger partial charge in [-0.15, -0.1) is 0 Å². The standard InChI is InChI=1S/C27H38O4/c1-16-11-22(28)20(25(3,4)5)13-18(16)27(9,15-24(30)31-10)19-14-21(26(6,7)8)23(29)12-17(19)2/h11-14,28-29H,15H2,1-10H3. The summed E-state index contributed by atoms with van der Waals surface area (Å²) in [6.07, 6.45) is 0.147. The molecule has 2 aromatic rings. The largest absolute Gasteiger partial charge is 0.508 e. The Morgan fingerprint density at radius 2 is 1.10 bits per heavy atom. The zero-order valence-electron chi connectivity index (χ0n) is 20.7. The van der Waals surface area contributed by atoms with E-state index in [-0.39, 0.29) is 34.7 Å². The van der Waals surface area contributed by atoms with Gasteiger partial charge in [-0.05, 0) is 70.2 Å². The van der Waals surface area contributed by atoms with Gasteiger partial charge in [0.1, 0.15) is 11.5 Å². The van der Waals surface area contributed by atoms with Crippen molar-refractivity contribution in [1.29, 1.82) is 0 Å². The van der Waals surface area contributed by atoms with Gasteiger partial charge in [-0.2, -0.15) is 0 Å². The lowest BCUT2D eigenvalue weighted by Crippen LogP contribution is -2.31. The number of ether oxygens (including phenoxy) is 1. The monoisotopic (exact) mass is 426 g/mol. The van der Waals surface area contributed by atoms with E-state index in [4.69, 9.17) is 4.74 Å². The van der Waals surface area contributed by atoms with Crippen LogP contribution in [-0.4, -0.2) is 23.3 Å². The van der Waals surface area contributed by atoms with Gasteiger partial charge in [0.05, 0.1) is 13.5 Å². The Morgan fingerprint density at radius 3 is 1.39 bits per heavy atom. The molecule has 4 nitrogen and oxygen atoms in total. The summed E-state index contributed by atoms with van der Waals surface area (Å²) in [6, 6.07) is 7.62. The van der Waals surface area contributed by atoms with Gasteiger partial charge in [0.25, 0.3) is 0 Å². The Labute approximate surface area is 187 Å². The lowest BCUT2D eigenvalue weighted by molar-refractivity contribution is -0.141. The molecule has 0 aliphatic heterocycles. The molecule has 0 spiro atoms. The average molecular weight is 427 g/mol. The number of benzene rings is 2. The van der Waals surface area contributed by atoms with Crippen LogP contribution < -0.4 is 0 Å². The summed E-state index contributed by atoms with van der Waals surface area (Å²) >= 11 is 0. The molecule has 0 unspecified atom stereocenters. The molecule has 0 atom stereocenters. The third-order valence-electron chi connectivity index (χ3n) is 6.22. The summed E-state index contributed by atoms with van der Waals surface area (Å²) in [5.74, 6) is 0.205. The summed E-state index contributed by atoms with van der Waals surface area (Å²) in [7, 11) is 1.40. The SMILES string of the molecule is COC(=O)CC(C)(c1cc(C(C)(C)C)c(O)cc1C)c1cc(C(C)(C)C)c(O)cc1C. The lowest BCUT2D eigenvalue weighted by Gasteiger charge is -2.36. The first kappa shape index (κ1) is 24.8. The predicted octanol–water partition coefficient (Wildman–Crippen LogP) is 6.18. The second-order valence-corrected chi connectivity index (χ2v) is 11.0. The van der Waals surface area contributed by atoms with Crippen molar-refractivity contribution in [1.82, 2.24) is 0 Å². The molecule has 0 bridgehead atoms. The molecule has 4 heteroatoms. The average Bonchev–Trinajstić information content (AvgIpc) is 2.58. The van der Waals surface area contributed by atoms with E-state index >= 15 is 0 Å². The third kappa shape index (κ3) is 4.89. The van der Waals surface area contributed by atoms with Crippen LogP contribution in [-0.2, 0) is 25.8 Å². The molecule has 2 rings (SSSR count). The Bertz CT molecular complexity index is 918. The zero-order chi connectivity index (χ0) is 23.9. The number of hydrogen-bond acceptors (Lipinski definition) is 4. The number of phenols is 2. The molecule has 0 aliphatic rings. The van der Waals surface area contributed by atoms with Gasteiger partial charge in [-0.1, -0.05) is 60.6 Å². The summed E-state index contributed by atoms with van der Waals surface area (Å²) in [6.45, 7) is 18.3. The van der Waals surface area contributed by atoms with Gasteiger partial charge in [0.2, 0.25) is 0 Å². The quantitative estimate of drug-likeness (QED) is 0.573. The van der Waals surface area contributed by atoms with Crippen molar-refractivity contribution in [3.63, 3.8) is 0 Å². The molecule has 0 heterocycles. The molecule has 2 aromatic carbocycles. The smallest absolute Gasteiger partial charge is 0.306 e. The maximum Gasteiger partial charge on any atom is 0.306 e. The number of hydrogen-bond donors (Lipinski definition) is 2. The number of methoxy groups -OCH3 is 1. The van der Waals surface area contributed by atoms with Crippen molar-refractivity contribution < 1.29 is 19.7 Å². The van der Waals surface area contributed by atoms with E-state index in [0.29, 0.717) is 0 Å². The normalized spacial score (nSPS) is 12.7. The Balaban J connectivity index is 2.93. The fourth-order valence-electron chi connectivity index (χ4n) is 4.47. The highest BCUT2D eigenvalue weighted by molar-refractivity contribution is 5.73. The fraction of sp³-hybridized carbons (Fsp3) is 0.519. The maximum absolute atomic E-state index is 12.6. The molecular weight excluding hydrogens is 388 g/mol. The number of phenolic OH excluding ortho intramolecular Hbond substituents is 2. The van der Waals surface area contributed by atoms with Crippen LogP contribution in [0.5, 0.6) is 11.5 Å². The zero-order valence-corrected chi connectivity index (χ0v) is 20.7. The van der Waals surface area contributed by atoms with Gasteiger partial charge >= 0.3 is 5.97 Å². The molecule has 0 radical (unpaired) electrons. The van der Waals surface area contributed by atoms with Crippen molar-refractivity contribution in [2.24, 2.45) is 0 Å². The van der Waals surface area contributed by atoms with Crippen LogP contribution in [0.4, 0.5) is 0 Å². The van der Waals surface area contributed by atoms with Crippen molar-refractivity contribution in [3.8, 4) is 11.5 Å². The molecule has 0 aromatic heterocycles. The van der Waals surface area contributed by atoms with Crippen LogP contribution >= 0.6 is 0 Å². The third-order valence-corrected chi connectivity index (χ3v) is 6.22. The minimum Gasteiger partial charge on any atom is -0.508 e. The van der Waals surface area contributed by atoms with Crippen LogP contribution in [0.25, 0.3) is 0 Å². The van der Waals surface area contributed by atoms with Crippen LogP contribution in [0.15, 0.2) is 24.3 Å². The highest BCUT2D eigenvalue weighted by Crippen LogP contribution is 2.45. The summed E-state index contributed by atoms with van der Waals surface area (Å²) in [4.78, 5) is 12.6. The number of rotatable bonds is 4. The van der Waals surface area contributed by atoms with Crippen molar-refractivity contribution in [2.45, 2.75) is 85.0 Å². The number of aromatic hydroxyl groups is 2. The molecule has 31 heavy (non-hydrogen) atoms. The number of esters is 1. The minimum atomic E-state index is -0.706. The Kier molecular flexibility index (Phi) is 6.57. The Morgan fingerprint density at radius 1 is 0.742 bits per heavy atom. The highest BCUT2D eigenvalue weighted by atomic mass is 16.5. The number of aryl methyl sites for hydroxylation is 2. The van der Waals surface area contributed by atoms with E-state index in [2.05, 4.69) is 41.5 Å². The minimum absolute atomic E-state index is 0.147. The molecule has 170 valence electrons. The van der Waals surface area contributed by atoms with Gasteiger partial charge in [-0.25, -0.2) is 0 Å². The number of carbonyl (C=O) groups is 1. The second kappa shape index (κ2) is 8.22. The predicted molar refractivity (Wildman–Crippen MR) is 126 cm³/mol. The molecule has 0 amide bonds. The summed E-state index contributed by atoms with van der Waals surface area (Å²) < 4.78 is 5.07. The van der Waals surface area contributed by atoms with Gasteiger partial charge < -0.3 is 14.9 Å². The summed E-state index contributed by atoms with van der Waals surface area (Å²) in [5.41, 5.74) is 4.17. The molecular formula is C27H38O4. The molecule has 0 saturated carbocycles. The number of carbonyl (C=O) groups excluding carboxylic acids is 1. The second-order valence-electron chi connectivity index (χ2n) is 11.0. The van der Waals surface area contributed by atoms with E-state index in [1.165, 1.54) is 7.11 Å². The van der Waals surface area contributed by atoms with Crippen LogP contribution in [0.3, 0.4) is 0 Å². The van der Waals surface area contributed by atoms with E-state index in [1.54, 1.807) is 12.1 Å². The highest BCUT2D eigenvalue weighted by Gasteiger charge is 2.37. The molecule has 0 aliphatic carbocycles. The maximum atomic E-state index is 12.6. The molecule has 2 N–H and O–H groups in total. The van der Waals surface area contributed by atoms with E-state index in [9.17, 15) is 15.0 Å². The lowest BCUT2D eigenvalue weighted by atomic mass is 9.68. The van der Waals surface area contributed by atoms with Crippen LogP contribution in [0.2, 0.25) is 0 Å². The van der Waals surface area contributed by atoms with Crippen LogP contribution in [0.1, 0.15) is 88.3 Å². The van der Waals surface area contributed by atoms with Crippen molar-refractivity contribution >= 4 is 5.97 Å². The van der Waals surface area contributed by atoms with E-state index < -0.39 is 5.41 Å². The van der Waals surface area contributed by atoms with E-state index in [0.717, 1.165) is 33.4 Å². The Hall–Kier alpha value is -2.49. The van der Waals surface area contributed by atoms with Crippen LogP contribution in [0, 0.1) is 13.8 Å². The van der Waals surface area contributed by atoms with E-state index in [1.807, 2.05) is 32.9 Å². The van der Waals surface area contributed by atoms with Crippen molar-refractivity contribution in [3.05, 3.63) is 57.6 Å². The first-order valence-corrected chi connectivity index (χ1v) is 10.8. The first-order valence-electron chi connectivity index (χ1n) is 10.8. The summed E-state index contributed by atoms with van der Waals surface area (Å²) in [5, 5.41) is 21.3. The molecule has 0 fully saturated rings. The van der Waals surface area contributed by atoms with Gasteiger partial charge in [0.15, 0.2) is 0 Å².